The first kappa shape index (κ1) is 16.1. The molecule has 0 aliphatic heterocycles. The van der Waals surface area contributed by atoms with Gasteiger partial charge in [0, 0.05) is 6.20 Å². The molecule has 0 aliphatic carbocycles. The van der Waals surface area contributed by atoms with Gasteiger partial charge in [-0.1, -0.05) is 35.0 Å². The van der Waals surface area contributed by atoms with E-state index in [1.807, 2.05) is 13.2 Å². The number of hydrogen-bond acceptors (Lipinski definition) is 4. The number of benzene rings is 1. The monoisotopic (exact) mass is 341 g/mol. The third-order valence-electron chi connectivity index (χ3n) is 2.81. The van der Waals surface area contributed by atoms with Crippen molar-refractivity contribution >= 4 is 46.6 Å². The summed E-state index contributed by atoms with van der Waals surface area (Å²) < 4.78 is 0. The first-order valence-electron chi connectivity index (χ1n) is 6.07. The summed E-state index contributed by atoms with van der Waals surface area (Å²) in [5.41, 5.74) is 2.31. The zero-order valence-corrected chi connectivity index (χ0v) is 14.0. The number of hydrogen-bond donors (Lipinski definition) is 1. The Labute approximate surface area is 137 Å². The Hall–Kier alpha value is -1.30. The van der Waals surface area contributed by atoms with Gasteiger partial charge in [-0.3, -0.25) is 4.79 Å². The maximum absolute atomic E-state index is 12.3. The molecule has 0 fully saturated rings. The van der Waals surface area contributed by atoms with E-state index in [1.165, 1.54) is 18.0 Å². The molecular weight excluding hydrogens is 329 g/mol. The van der Waals surface area contributed by atoms with Crippen LogP contribution in [0.2, 0.25) is 10.0 Å². The van der Waals surface area contributed by atoms with Crippen LogP contribution in [0.1, 0.15) is 21.6 Å². The Kier molecular flexibility index (Phi) is 5.08. The van der Waals surface area contributed by atoms with Crippen LogP contribution in [-0.4, -0.2) is 22.1 Å². The molecule has 0 atom stereocenters. The van der Waals surface area contributed by atoms with Crippen molar-refractivity contribution in [2.24, 2.45) is 0 Å². The Morgan fingerprint density at radius 2 is 1.86 bits per heavy atom. The molecular formula is C14H13Cl2N3OS. The largest absolute Gasteiger partial charge is 0.319 e. The topological polar surface area (TPSA) is 54.9 Å². The minimum Gasteiger partial charge on any atom is -0.319 e. The highest BCUT2D eigenvalue weighted by molar-refractivity contribution is 7.98. The quantitative estimate of drug-likeness (QED) is 0.665. The first-order chi connectivity index (χ1) is 9.92. The molecule has 110 valence electrons. The molecule has 21 heavy (non-hydrogen) atoms. The molecule has 1 aromatic carbocycles. The Bertz CT molecular complexity index is 684. The summed E-state index contributed by atoms with van der Waals surface area (Å²) in [6.07, 6.45) is 3.37. The number of aryl methyl sites for hydroxylation is 2. The molecule has 0 aliphatic rings. The van der Waals surface area contributed by atoms with Crippen LogP contribution in [0.25, 0.3) is 0 Å². The molecule has 0 saturated heterocycles. The van der Waals surface area contributed by atoms with Crippen molar-refractivity contribution in [3.8, 4) is 0 Å². The van der Waals surface area contributed by atoms with Gasteiger partial charge in [0.25, 0.3) is 5.91 Å². The number of thioether (sulfide) groups is 1. The van der Waals surface area contributed by atoms with Crippen molar-refractivity contribution < 1.29 is 4.79 Å². The molecule has 7 heteroatoms. The van der Waals surface area contributed by atoms with Gasteiger partial charge in [-0.25, -0.2) is 9.97 Å². The molecule has 0 spiro atoms. The molecule has 2 aromatic rings. The lowest BCUT2D eigenvalue weighted by Gasteiger charge is -2.11. The average molecular weight is 342 g/mol. The Balaban J connectivity index is 2.30. The van der Waals surface area contributed by atoms with E-state index in [2.05, 4.69) is 15.3 Å². The molecule has 0 bridgehead atoms. The summed E-state index contributed by atoms with van der Waals surface area (Å²) in [4.78, 5) is 20.7. The molecule has 0 unspecified atom stereocenters. The summed E-state index contributed by atoms with van der Waals surface area (Å²) in [6.45, 7) is 3.64. The number of aromatic nitrogens is 2. The van der Waals surface area contributed by atoms with Gasteiger partial charge in [-0.15, -0.1) is 0 Å². The normalized spacial score (nSPS) is 10.5. The van der Waals surface area contributed by atoms with Gasteiger partial charge >= 0.3 is 0 Å². The van der Waals surface area contributed by atoms with Crippen molar-refractivity contribution in [3.05, 3.63) is 45.2 Å². The summed E-state index contributed by atoms with van der Waals surface area (Å²) in [5.74, 6) is -0.340. The minimum absolute atomic E-state index is 0.340. The fourth-order valence-electron chi connectivity index (χ4n) is 1.77. The standard InChI is InChI=1S/C14H13Cl2N3OS/c1-7-4-10(15)12(11(16)5-7)19-13(20)9-6-17-14(21-3)18-8(9)2/h4-6H,1-3H3,(H,19,20). The number of nitrogens with one attached hydrogen (secondary N) is 1. The third kappa shape index (κ3) is 3.67. The number of carbonyl (C=O) groups excluding carboxylic acids is 1. The summed E-state index contributed by atoms with van der Waals surface area (Å²) >= 11 is 13.7. The van der Waals surface area contributed by atoms with Crippen LogP contribution in [0.3, 0.4) is 0 Å². The minimum atomic E-state index is -0.340. The van der Waals surface area contributed by atoms with E-state index >= 15 is 0 Å². The summed E-state index contributed by atoms with van der Waals surface area (Å²) in [5, 5.41) is 4.12. The van der Waals surface area contributed by atoms with E-state index < -0.39 is 0 Å². The fraction of sp³-hybridized carbons (Fsp3) is 0.214. The SMILES string of the molecule is CSc1ncc(C(=O)Nc2c(Cl)cc(C)cc2Cl)c(C)n1. The average Bonchev–Trinajstić information content (AvgIpc) is 2.42. The van der Waals surface area contributed by atoms with Crippen LogP contribution in [-0.2, 0) is 0 Å². The van der Waals surface area contributed by atoms with Crippen LogP contribution >= 0.6 is 35.0 Å². The molecule has 0 radical (unpaired) electrons. The van der Waals surface area contributed by atoms with E-state index in [9.17, 15) is 4.79 Å². The predicted octanol–water partition coefficient (Wildman–Crippen LogP) is 4.37. The van der Waals surface area contributed by atoms with Crippen molar-refractivity contribution in [1.82, 2.24) is 9.97 Å². The lowest BCUT2D eigenvalue weighted by Crippen LogP contribution is -2.15. The number of anilines is 1. The summed E-state index contributed by atoms with van der Waals surface area (Å²) in [6, 6.07) is 3.48. The van der Waals surface area contributed by atoms with E-state index in [0.717, 1.165) is 5.56 Å². The van der Waals surface area contributed by atoms with Gasteiger partial charge in [-0.2, -0.15) is 0 Å². The van der Waals surface area contributed by atoms with Crippen molar-refractivity contribution in [2.45, 2.75) is 19.0 Å². The highest BCUT2D eigenvalue weighted by Gasteiger charge is 2.15. The van der Waals surface area contributed by atoms with Gasteiger partial charge in [0.05, 0.1) is 27.0 Å². The van der Waals surface area contributed by atoms with Crippen molar-refractivity contribution in [2.75, 3.05) is 11.6 Å². The number of carbonyl (C=O) groups is 1. The van der Waals surface area contributed by atoms with Gasteiger partial charge < -0.3 is 5.32 Å². The third-order valence-corrected chi connectivity index (χ3v) is 3.97. The van der Waals surface area contributed by atoms with Gasteiger partial charge in [-0.05, 0) is 37.8 Å². The van der Waals surface area contributed by atoms with E-state index in [4.69, 9.17) is 23.2 Å². The van der Waals surface area contributed by atoms with Gasteiger partial charge in [0.2, 0.25) is 0 Å². The zero-order valence-electron chi connectivity index (χ0n) is 11.7. The lowest BCUT2D eigenvalue weighted by atomic mass is 10.2. The highest BCUT2D eigenvalue weighted by Crippen LogP contribution is 2.32. The molecule has 1 heterocycles. The first-order valence-corrected chi connectivity index (χ1v) is 8.05. The van der Waals surface area contributed by atoms with Crippen LogP contribution in [0.4, 0.5) is 5.69 Å². The van der Waals surface area contributed by atoms with Crippen molar-refractivity contribution in [3.63, 3.8) is 0 Å². The zero-order chi connectivity index (χ0) is 15.6. The Morgan fingerprint density at radius 1 is 1.24 bits per heavy atom. The van der Waals surface area contributed by atoms with Gasteiger partial charge in [0.1, 0.15) is 0 Å². The number of halogens is 2. The number of rotatable bonds is 3. The molecule has 0 saturated carbocycles. The molecule has 1 amide bonds. The van der Waals surface area contributed by atoms with Crippen molar-refractivity contribution in [1.29, 1.82) is 0 Å². The van der Waals surface area contributed by atoms with Crippen LogP contribution in [0.5, 0.6) is 0 Å². The Morgan fingerprint density at radius 3 is 2.38 bits per heavy atom. The second-order valence-corrected chi connectivity index (χ2v) is 6.00. The summed E-state index contributed by atoms with van der Waals surface area (Å²) in [7, 11) is 0. The van der Waals surface area contributed by atoms with Gasteiger partial charge in [0.15, 0.2) is 5.16 Å². The maximum Gasteiger partial charge on any atom is 0.259 e. The van der Waals surface area contributed by atoms with Crippen LogP contribution < -0.4 is 5.32 Å². The van der Waals surface area contributed by atoms with E-state index in [0.29, 0.717) is 32.1 Å². The lowest BCUT2D eigenvalue weighted by molar-refractivity contribution is 0.102. The number of nitrogens with zero attached hydrogens (tertiary/aromatic N) is 2. The smallest absolute Gasteiger partial charge is 0.259 e. The fourth-order valence-corrected chi connectivity index (χ4v) is 2.84. The molecule has 2 rings (SSSR count). The predicted molar refractivity (Wildman–Crippen MR) is 87.7 cm³/mol. The van der Waals surface area contributed by atoms with Crippen LogP contribution in [0.15, 0.2) is 23.5 Å². The number of amides is 1. The molecule has 4 nitrogen and oxygen atoms in total. The second kappa shape index (κ2) is 6.64. The molecule has 1 N–H and O–H groups in total. The second-order valence-electron chi connectivity index (χ2n) is 4.41. The maximum atomic E-state index is 12.3. The van der Waals surface area contributed by atoms with E-state index in [1.54, 1.807) is 19.1 Å². The van der Waals surface area contributed by atoms with Crippen LogP contribution in [0, 0.1) is 13.8 Å². The van der Waals surface area contributed by atoms with E-state index in [-0.39, 0.29) is 5.91 Å². The molecule has 1 aromatic heterocycles. The highest BCUT2D eigenvalue weighted by atomic mass is 35.5.